The largest absolute Gasteiger partial charge is 0.479 e. The van der Waals surface area contributed by atoms with Crippen LogP contribution in [-0.2, 0) is 66.5 Å². The summed E-state index contributed by atoms with van der Waals surface area (Å²) in [5.74, 6) is -4.86. The molecule has 494 valence electrons. The normalized spacial score (nSPS) is 51.5. The Morgan fingerprint density at radius 1 is 0.655 bits per heavy atom. The van der Waals surface area contributed by atoms with Crippen molar-refractivity contribution < 1.29 is 138 Å². The molecule has 5 aliphatic carbocycles. The summed E-state index contributed by atoms with van der Waals surface area (Å²) in [5.41, 5.74) is -6.12. The second-order valence-electron chi connectivity index (χ2n) is 27.3. The Labute approximate surface area is 502 Å². The number of hydrogen-bond acceptors (Lipinski definition) is 27. The minimum Gasteiger partial charge on any atom is -0.479 e. The summed E-state index contributed by atoms with van der Waals surface area (Å²) in [6.45, 7) is 12.9. The smallest absolute Gasteiger partial charge is 0.335 e. The van der Waals surface area contributed by atoms with Gasteiger partial charge in [-0.2, -0.15) is 0 Å². The molecular weight excluding hydrogens is 1160 g/mol. The quantitative estimate of drug-likeness (QED) is 0.0255. The van der Waals surface area contributed by atoms with E-state index in [0.29, 0.717) is 25.7 Å². The molecule has 0 aromatic carbocycles. The highest BCUT2D eigenvalue weighted by atomic mass is 16.8. The van der Waals surface area contributed by atoms with E-state index in [-0.39, 0.29) is 24.3 Å². The number of aldehydes is 1. The Morgan fingerprint density at radius 3 is 1.89 bits per heavy atom. The monoisotopic (exact) mass is 1250 g/mol. The molecule has 4 saturated heterocycles. The zero-order valence-corrected chi connectivity index (χ0v) is 50.3. The molecule has 0 aromatic rings. The van der Waals surface area contributed by atoms with Gasteiger partial charge >= 0.3 is 17.9 Å². The molecule has 0 amide bonds. The van der Waals surface area contributed by atoms with Gasteiger partial charge in [0, 0.05) is 23.3 Å². The van der Waals surface area contributed by atoms with Crippen LogP contribution in [0.15, 0.2) is 23.3 Å². The molecule has 0 radical (unpaired) electrons. The summed E-state index contributed by atoms with van der Waals surface area (Å²) in [6, 6.07) is 0. The molecule has 28 nitrogen and oxygen atoms in total. The summed E-state index contributed by atoms with van der Waals surface area (Å²) in [6.07, 6.45) is -36.3. The predicted octanol–water partition coefficient (Wildman–Crippen LogP) is -3.04. The number of hydrogen-bond donors (Lipinski definition) is 14. The van der Waals surface area contributed by atoms with Gasteiger partial charge in [0.1, 0.15) is 91.7 Å². The molecule has 9 rings (SSSR count). The number of allylic oxidation sites excluding steroid dienone is 2. The van der Waals surface area contributed by atoms with Crippen molar-refractivity contribution in [3.63, 3.8) is 0 Å². The molecule has 28 heteroatoms. The van der Waals surface area contributed by atoms with Gasteiger partial charge in [0.05, 0.1) is 55.6 Å². The first-order chi connectivity index (χ1) is 40.7. The SMILES string of the molecule is C/C=C(/C)C(=O)O[C@H]1[C@H](OC(C)=O)C(C)(C)C[C@H]2C3=CCC4[C@@]5(C)CC[C@H](O[C@@H]6O[C@H](C(=O)O)[C@@H](O)[C@H](O[C@@H]7OC[C@H](O)[C@H](O)[C@H]7OC7OCC(O)C(O)C7O)[C@H]6O[C@@H]6O[C@H](CO)[C@H](O)[C@H](O)[C@H]6O)[C@@](C)(C=O)C5CC[C@@]4(C)[C@]3(C)[C@@H](O)[C@@H](O)[C@]21CO. The van der Waals surface area contributed by atoms with E-state index in [2.05, 4.69) is 6.92 Å². The molecule has 0 spiro atoms. The molecule has 8 fully saturated rings. The van der Waals surface area contributed by atoms with Gasteiger partial charge < -0.3 is 124 Å². The van der Waals surface area contributed by atoms with Crippen molar-refractivity contribution in [3.05, 3.63) is 23.3 Å². The number of carboxylic acid groups (broad SMARTS) is 1. The van der Waals surface area contributed by atoms with E-state index in [9.17, 15) is 90.7 Å². The highest BCUT2D eigenvalue weighted by Crippen LogP contribution is 2.76. The van der Waals surface area contributed by atoms with Crippen LogP contribution < -0.4 is 0 Å². The number of rotatable bonds is 15. The van der Waals surface area contributed by atoms with Crippen LogP contribution in [0.4, 0.5) is 0 Å². The molecule has 31 atom stereocenters. The minimum absolute atomic E-state index is 0.0440. The van der Waals surface area contributed by atoms with Crippen LogP contribution in [0.2, 0.25) is 0 Å². The average Bonchev–Trinajstić information content (AvgIpc) is 0.682. The van der Waals surface area contributed by atoms with E-state index in [4.69, 9.17) is 47.4 Å². The third-order valence-corrected chi connectivity index (χ3v) is 22.3. The van der Waals surface area contributed by atoms with Crippen molar-refractivity contribution in [1.29, 1.82) is 0 Å². The van der Waals surface area contributed by atoms with Crippen LogP contribution in [0.25, 0.3) is 0 Å². The van der Waals surface area contributed by atoms with E-state index < -0.39 is 230 Å². The minimum atomic E-state index is -2.30. The van der Waals surface area contributed by atoms with Crippen LogP contribution in [0.5, 0.6) is 0 Å². The maximum Gasteiger partial charge on any atom is 0.335 e. The first-order valence-electron chi connectivity index (χ1n) is 30.0. The fraction of sp³-hybridized carbons (Fsp3) is 0.864. The summed E-state index contributed by atoms with van der Waals surface area (Å²) >= 11 is 0. The van der Waals surface area contributed by atoms with Crippen LogP contribution in [0, 0.1) is 50.2 Å². The number of ether oxygens (including phenoxy) is 10. The van der Waals surface area contributed by atoms with E-state index in [1.54, 1.807) is 26.8 Å². The Balaban J connectivity index is 1.07. The lowest BCUT2D eigenvalue weighted by Crippen LogP contribution is -2.76. The molecule has 4 saturated carbocycles. The third kappa shape index (κ3) is 11.0. The lowest BCUT2D eigenvalue weighted by atomic mass is 9.32. The topological polar surface area (TPSA) is 444 Å². The first-order valence-corrected chi connectivity index (χ1v) is 30.0. The predicted molar refractivity (Wildman–Crippen MR) is 290 cm³/mol. The van der Waals surface area contributed by atoms with Gasteiger partial charge in [-0.15, -0.1) is 0 Å². The first kappa shape index (κ1) is 68.1. The fourth-order valence-electron chi connectivity index (χ4n) is 17.1. The zero-order valence-electron chi connectivity index (χ0n) is 50.3. The van der Waals surface area contributed by atoms with Gasteiger partial charge in [-0.25, -0.2) is 9.59 Å². The van der Waals surface area contributed by atoms with Crippen molar-refractivity contribution in [2.75, 3.05) is 26.4 Å². The van der Waals surface area contributed by atoms with E-state index in [0.717, 1.165) is 11.9 Å². The molecule has 9 aliphatic rings. The molecule has 0 aromatic heterocycles. The number of carboxylic acids is 1. The van der Waals surface area contributed by atoms with E-state index in [1.807, 2.05) is 33.8 Å². The second-order valence-corrected chi connectivity index (χ2v) is 27.3. The molecule has 14 N–H and O–H groups in total. The number of carbonyl (C=O) groups is 4. The summed E-state index contributed by atoms with van der Waals surface area (Å²) in [5, 5.41) is 157. The number of fused-ring (bicyclic) bond motifs is 7. The molecule has 4 aliphatic heterocycles. The standard InChI is InChI=1S/C59H90O28/c1-10-23(2)49(77)87-47-46(80-24(3)63)54(4,5)17-26-25-11-12-31-55(6)15-14-32(56(7,21-61)30(55)13-16-57(31,8)58(25,9)44(73)45(74)59(26,47)22-62)82-53-43(86-51-38(71)36(69)35(68)29(18-60)81-51)40(39(72)41(84-53)48(75)76)83-52-42(34(67)28(65)20-79-52)85-50-37(70)33(66)27(64)19-78-50/h10-11,21,26-47,50-53,60,62,64-74H,12-20,22H2,1-9H3,(H,75,76)/b23-10-/t26-,27?,28-,29+,30?,31?,32-,33?,34-,35-,36-,37?,38+,39-,40-,41-,42+,43+,44-,45+,46-,47-,50?,51-,52-,53+,55-,56-,57+,58-,59-/m0/s1. The number of aliphatic hydroxyl groups is 13. The van der Waals surface area contributed by atoms with Gasteiger partial charge in [-0.3, -0.25) is 4.79 Å². The maximum atomic E-state index is 14.2. The Kier molecular flexibility index (Phi) is 19.5. The summed E-state index contributed by atoms with van der Waals surface area (Å²) in [4.78, 5) is 53.9. The van der Waals surface area contributed by atoms with Gasteiger partial charge in [0.2, 0.25) is 0 Å². The lowest BCUT2D eigenvalue weighted by molar-refractivity contribution is -0.398. The van der Waals surface area contributed by atoms with Crippen LogP contribution >= 0.6 is 0 Å². The van der Waals surface area contributed by atoms with E-state index >= 15 is 0 Å². The summed E-state index contributed by atoms with van der Waals surface area (Å²) < 4.78 is 60.3. The number of aliphatic carboxylic acids is 1. The Bertz CT molecular complexity index is 2580. The number of esters is 2. The number of carbonyl (C=O) groups excluding carboxylic acids is 3. The maximum absolute atomic E-state index is 14.2. The third-order valence-electron chi connectivity index (χ3n) is 22.3. The Hall–Kier alpha value is -3.28. The highest BCUT2D eigenvalue weighted by molar-refractivity contribution is 5.88. The van der Waals surface area contributed by atoms with Crippen molar-refractivity contribution in [1.82, 2.24) is 0 Å². The van der Waals surface area contributed by atoms with Crippen LogP contribution in [0.1, 0.15) is 101 Å². The van der Waals surface area contributed by atoms with Crippen molar-refractivity contribution in [2.24, 2.45) is 50.2 Å². The van der Waals surface area contributed by atoms with Gasteiger partial charge in [0.15, 0.2) is 37.4 Å². The molecule has 6 unspecified atom stereocenters. The fourth-order valence-corrected chi connectivity index (χ4v) is 17.1. The van der Waals surface area contributed by atoms with Gasteiger partial charge in [-0.1, -0.05) is 59.3 Å². The van der Waals surface area contributed by atoms with Crippen molar-refractivity contribution in [3.8, 4) is 0 Å². The van der Waals surface area contributed by atoms with E-state index in [1.165, 1.54) is 6.92 Å². The molecule has 0 bridgehead atoms. The second kappa shape index (κ2) is 25.0. The van der Waals surface area contributed by atoms with Crippen molar-refractivity contribution in [2.45, 2.75) is 242 Å². The lowest BCUT2D eigenvalue weighted by Gasteiger charge is -2.73. The van der Waals surface area contributed by atoms with Crippen molar-refractivity contribution >= 4 is 24.2 Å². The Morgan fingerprint density at radius 2 is 1.28 bits per heavy atom. The molecular formula is C59H90O28. The molecule has 87 heavy (non-hydrogen) atoms. The van der Waals surface area contributed by atoms with Gasteiger partial charge in [-0.05, 0) is 81.0 Å². The van der Waals surface area contributed by atoms with Crippen LogP contribution in [0.3, 0.4) is 0 Å². The average molecular weight is 1250 g/mol. The van der Waals surface area contributed by atoms with Gasteiger partial charge in [0.25, 0.3) is 0 Å². The zero-order chi connectivity index (χ0) is 64.2. The highest BCUT2D eigenvalue weighted by Gasteiger charge is 2.77. The molecule has 4 heterocycles. The number of aliphatic hydroxyl groups excluding tert-OH is 13. The van der Waals surface area contributed by atoms with Crippen LogP contribution in [-0.4, -0.2) is 263 Å². The summed E-state index contributed by atoms with van der Waals surface area (Å²) in [7, 11) is 0.